The quantitative estimate of drug-likeness (QED) is 0.739. The third kappa shape index (κ3) is 2.26. The topological polar surface area (TPSA) is 26.3 Å². The monoisotopic (exact) mass is 204 g/mol. The van der Waals surface area contributed by atoms with Crippen molar-refractivity contribution in [2.45, 2.75) is 26.2 Å². The highest BCUT2D eigenvalue weighted by Crippen LogP contribution is 2.17. The summed E-state index contributed by atoms with van der Waals surface area (Å²) in [5.74, 6) is 0.125. The molecule has 2 rings (SSSR count). The van der Waals surface area contributed by atoms with Crippen LogP contribution in [-0.2, 0) is 17.6 Å². The Morgan fingerprint density at radius 2 is 2.27 bits per heavy atom. The first kappa shape index (κ1) is 10.4. The minimum atomic E-state index is 0.125. The maximum absolute atomic E-state index is 11.7. The van der Waals surface area contributed by atoms with Gasteiger partial charge in [-0.05, 0) is 30.0 Å². The third-order valence-electron chi connectivity index (χ3n) is 2.76. The van der Waals surface area contributed by atoms with Gasteiger partial charge in [-0.15, -0.1) is 0 Å². The van der Waals surface area contributed by atoms with Gasteiger partial charge in [0.05, 0.1) is 6.61 Å². The smallest absolute Gasteiger partial charge is 0.188 e. The van der Waals surface area contributed by atoms with Crippen LogP contribution in [-0.4, -0.2) is 19.0 Å². The fraction of sp³-hybridized carbons (Fsp3) is 0.462. The molecule has 1 aliphatic rings. The van der Waals surface area contributed by atoms with E-state index in [2.05, 4.69) is 19.1 Å². The highest BCUT2D eigenvalue weighted by atomic mass is 16.5. The molecule has 0 amide bonds. The molecular weight excluding hydrogens is 188 g/mol. The predicted molar refractivity (Wildman–Crippen MR) is 59.3 cm³/mol. The summed E-state index contributed by atoms with van der Waals surface area (Å²) in [6.07, 6.45) is 3.01. The minimum absolute atomic E-state index is 0.125. The SMILES string of the molecule is CCCc1ccc2c(c1)C(=O)COCC2. The van der Waals surface area contributed by atoms with Crippen molar-refractivity contribution >= 4 is 5.78 Å². The number of ether oxygens (including phenoxy) is 1. The Morgan fingerprint density at radius 3 is 3.07 bits per heavy atom. The van der Waals surface area contributed by atoms with Gasteiger partial charge in [-0.1, -0.05) is 25.5 Å². The van der Waals surface area contributed by atoms with Crippen molar-refractivity contribution in [3.63, 3.8) is 0 Å². The number of hydrogen-bond acceptors (Lipinski definition) is 2. The molecule has 0 aliphatic carbocycles. The minimum Gasteiger partial charge on any atom is -0.373 e. The second-order valence-electron chi connectivity index (χ2n) is 3.97. The van der Waals surface area contributed by atoms with Gasteiger partial charge in [0.2, 0.25) is 0 Å². The molecule has 1 aliphatic heterocycles. The molecule has 0 atom stereocenters. The number of Topliss-reactive ketones (excluding diaryl/α,β-unsaturated/α-hetero) is 1. The molecule has 1 heterocycles. The van der Waals surface area contributed by atoms with Gasteiger partial charge in [0.25, 0.3) is 0 Å². The van der Waals surface area contributed by atoms with Crippen LogP contribution < -0.4 is 0 Å². The maximum Gasteiger partial charge on any atom is 0.188 e. The Morgan fingerprint density at radius 1 is 1.40 bits per heavy atom. The average Bonchev–Trinajstić information content (AvgIpc) is 2.42. The van der Waals surface area contributed by atoms with Gasteiger partial charge in [0.1, 0.15) is 6.61 Å². The van der Waals surface area contributed by atoms with Crippen LogP contribution in [0.1, 0.15) is 34.8 Å². The molecule has 0 bridgehead atoms. The van der Waals surface area contributed by atoms with E-state index in [0.29, 0.717) is 6.61 Å². The van der Waals surface area contributed by atoms with E-state index in [4.69, 9.17) is 4.74 Å². The number of benzene rings is 1. The van der Waals surface area contributed by atoms with Crippen LogP contribution in [0.15, 0.2) is 18.2 Å². The second-order valence-corrected chi connectivity index (χ2v) is 3.97. The molecule has 1 aromatic rings. The van der Waals surface area contributed by atoms with Crippen molar-refractivity contribution in [3.8, 4) is 0 Å². The standard InChI is InChI=1S/C13H16O2/c1-2-3-10-4-5-11-6-7-15-9-13(14)12(11)8-10/h4-5,8H,2-3,6-7,9H2,1H3. The lowest BCUT2D eigenvalue weighted by Gasteiger charge is -2.06. The van der Waals surface area contributed by atoms with Crippen LogP contribution in [0.3, 0.4) is 0 Å². The number of aryl methyl sites for hydroxylation is 1. The molecule has 0 saturated carbocycles. The molecule has 0 saturated heterocycles. The number of rotatable bonds is 2. The van der Waals surface area contributed by atoms with Gasteiger partial charge in [-0.2, -0.15) is 0 Å². The summed E-state index contributed by atoms with van der Waals surface area (Å²) in [5, 5.41) is 0. The Kier molecular flexibility index (Phi) is 3.17. The normalized spacial score (nSPS) is 15.9. The lowest BCUT2D eigenvalue weighted by atomic mass is 9.98. The second kappa shape index (κ2) is 4.58. The van der Waals surface area contributed by atoms with Crippen molar-refractivity contribution in [2.75, 3.05) is 13.2 Å². The molecule has 0 radical (unpaired) electrons. The fourth-order valence-corrected chi connectivity index (χ4v) is 1.97. The van der Waals surface area contributed by atoms with Gasteiger partial charge in [-0.3, -0.25) is 4.79 Å². The van der Waals surface area contributed by atoms with Crippen LogP contribution in [0.25, 0.3) is 0 Å². The van der Waals surface area contributed by atoms with Crippen molar-refractivity contribution in [3.05, 3.63) is 34.9 Å². The van der Waals surface area contributed by atoms with Crippen LogP contribution in [0.4, 0.5) is 0 Å². The van der Waals surface area contributed by atoms with Crippen LogP contribution in [0.2, 0.25) is 0 Å². The molecule has 0 spiro atoms. The van der Waals surface area contributed by atoms with Gasteiger partial charge in [-0.25, -0.2) is 0 Å². The summed E-state index contributed by atoms with van der Waals surface area (Å²) in [7, 11) is 0. The number of carbonyl (C=O) groups excluding carboxylic acids is 1. The highest BCUT2D eigenvalue weighted by Gasteiger charge is 2.15. The summed E-state index contributed by atoms with van der Waals surface area (Å²) >= 11 is 0. The van der Waals surface area contributed by atoms with Crippen LogP contribution in [0, 0.1) is 0 Å². The highest BCUT2D eigenvalue weighted by molar-refractivity contribution is 5.98. The summed E-state index contributed by atoms with van der Waals surface area (Å²) in [4.78, 5) is 11.7. The first-order chi connectivity index (χ1) is 7.31. The lowest BCUT2D eigenvalue weighted by Crippen LogP contribution is -2.07. The van der Waals surface area contributed by atoms with Crippen molar-refractivity contribution < 1.29 is 9.53 Å². The first-order valence-corrected chi connectivity index (χ1v) is 5.54. The first-order valence-electron chi connectivity index (χ1n) is 5.54. The molecule has 80 valence electrons. The zero-order valence-corrected chi connectivity index (χ0v) is 9.08. The van der Waals surface area contributed by atoms with Crippen LogP contribution >= 0.6 is 0 Å². The lowest BCUT2D eigenvalue weighted by molar-refractivity contribution is 0.0788. The van der Waals surface area contributed by atoms with Crippen LogP contribution in [0.5, 0.6) is 0 Å². The van der Waals surface area contributed by atoms with E-state index in [-0.39, 0.29) is 12.4 Å². The van der Waals surface area contributed by atoms with E-state index in [1.807, 2.05) is 6.07 Å². The van der Waals surface area contributed by atoms with E-state index in [0.717, 1.165) is 30.4 Å². The van der Waals surface area contributed by atoms with Crippen molar-refractivity contribution in [1.29, 1.82) is 0 Å². The number of ketones is 1. The molecule has 0 N–H and O–H groups in total. The molecule has 0 unspecified atom stereocenters. The number of fused-ring (bicyclic) bond motifs is 1. The molecule has 2 nitrogen and oxygen atoms in total. The Bertz CT molecular complexity index is 369. The molecule has 1 aromatic carbocycles. The molecule has 0 fully saturated rings. The van der Waals surface area contributed by atoms with Crippen molar-refractivity contribution in [2.24, 2.45) is 0 Å². The average molecular weight is 204 g/mol. The van der Waals surface area contributed by atoms with E-state index in [1.165, 1.54) is 5.56 Å². The van der Waals surface area contributed by atoms with E-state index in [9.17, 15) is 4.79 Å². The maximum atomic E-state index is 11.7. The summed E-state index contributed by atoms with van der Waals surface area (Å²) in [5.41, 5.74) is 3.27. The van der Waals surface area contributed by atoms with Gasteiger partial charge in [0.15, 0.2) is 5.78 Å². The van der Waals surface area contributed by atoms with Crippen molar-refractivity contribution in [1.82, 2.24) is 0 Å². The summed E-state index contributed by atoms with van der Waals surface area (Å²) in [6, 6.07) is 6.24. The Hall–Kier alpha value is -1.15. The van der Waals surface area contributed by atoms with Gasteiger partial charge >= 0.3 is 0 Å². The number of hydrogen-bond donors (Lipinski definition) is 0. The summed E-state index contributed by atoms with van der Waals surface area (Å²) in [6.45, 7) is 3.05. The van der Waals surface area contributed by atoms with E-state index in [1.54, 1.807) is 0 Å². The largest absolute Gasteiger partial charge is 0.373 e. The fourth-order valence-electron chi connectivity index (χ4n) is 1.97. The van der Waals surface area contributed by atoms with Gasteiger partial charge < -0.3 is 4.74 Å². The summed E-state index contributed by atoms with van der Waals surface area (Å²) < 4.78 is 5.24. The number of carbonyl (C=O) groups is 1. The van der Waals surface area contributed by atoms with Gasteiger partial charge in [0, 0.05) is 5.56 Å². The Labute approximate surface area is 90.3 Å². The Balaban J connectivity index is 2.35. The predicted octanol–water partition coefficient (Wildman–Crippen LogP) is 2.39. The molecular formula is C13H16O2. The zero-order chi connectivity index (χ0) is 10.7. The zero-order valence-electron chi connectivity index (χ0n) is 9.08. The third-order valence-corrected chi connectivity index (χ3v) is 2.76. The molecule has 0 aromatic heterocycles. The van der Waals surface area contributed by atoms with E-state index >= 15 is 0 Å². The molecule has 15 heavy (non-hydrogen) atoms. The van der Waals surface area contributed by atoms with E-state index < -0.39 is 0 Å². The molecule has 2 heteroatoms.